The fourth-order valence-electron chi connectivity index (χ4n) is 3.50. The van der Waals surface area contributed by atoms with E-state index in [4.69, 9.17) is 11.6 Å². The first-order chi connectivity index (χ1) is 14.0. The molecule has 3 aromatic rings. The van der Waals surface area contributed by atoms with Crippen molar-refractivity contribution >= 4 is 45.4 Å². The van der Waals surface area contributed by atoms with Gasteiger partial charge in [0.15, 0.2) is 5.13 Å². The molecule has 0 atom stereocenters. The van der Waals surface area contributed by atoms with Crippen LogP contribution in [0, 0.1) is 13.8 Å². The summed E-state index contributed by atoms with van der Waals surface area (Å²) in [5, 5.41) is 6.62. The molecule has 1 aliphatic rings. The Morgan fingerprint density at radius 2 is 1.90 bits per heavy atom. The number of nitrogens with one attached hydrogen (secondary N) is 1. The largest absolute Gasteiger partial charge is 0.368 e. The minimum atomic E-state index is -0.0133. The summed E-state index contributed by atoms with van der Waals surface area (Å²) in [4.78, 5) is 21.5. The van der Waals surface area contributed by atoms with Crippen molar-refractivity contribution in [3.63, 3.8) is 0 Å². The van der Waals surface area contributed by atoms with Gasteiger partial charge in [0.05, 0.1) is 0 Å². The van der Waals surface area contributed by atoms with Crippen molar-refractivity contribution in [1.82, 2.24) is 9.88 Å². The molecule has 1 amide bonds. The summed E-state index contributed by atoms with van der Waals surface area (Å²) in [5.74, 6) is -0.0133. The number of aryl methyl sites for hydroxylation is 2. The van der Waals surface area contributed by atoms with Crippen LogP contribution in [0.15, 0.2) is 47.8 Å². The lowest BCUT2D eigenvalue weighted by molar-refractivity contribution is 0.0742. The molecule has 0 radical (unpaired) electrons. The molecule has 1 N–H and O–H groups in total. The number of thiazole rings is 1. The Balaban J connectivity index is 1.38. The molecule has 1 saturated heterocycles. The number of carbonyl (C=O) groups excluding carboxylic acids is 1. The molecule has 2 aromatic carbocycles. The Hall–Kier alpha value is -2.57. The SMILES string of the molecule is Cc1ccc(Nc2nc(C(=O)N3CCN(c4cccc(Cl)c4)CC3)cs2)c(C)c1. The molecule has 1 fully saturated rings. The molecule has 0 saturated carbocycles. The fourth-order valence-corrected chi connectivity index (χ4v) is 4.38. The summed E-state index contributed by atoms with van der Waals surface area (Å²) >= 11 is 7.55. The molecule has 0 bridgehead atoms. The lowest BCUT2D eigenvalue weighted by atomic mass is 10.1. The van der Waals surface area contributed by atoms with Crippen molar-refractivity contribution in [3.8, 4) is 0 Å². The third-order valence-electron chi connectivity index (χ3n) is 5.09. The minimum absolute atomic E-state index is 0.0133. The predicted molar refractivity (Wildman–Crippen MR) is 121 cm³/mol. The number of anilines is 3. The smallest absolute Gasteiger partial charge is 0.273 e. The van der Waals surface area contributed by atoms with Gasteiger partial charge < -0.3 is 15.1 Å². The number of hydrogen-bond acceptors (Lipinski definition) is 5. The molecule has 0 unspecified atom stereocenters. The maximum atomic E-state index is 12.9. The first-order valence-corrected chi connectivity index (χ1v) is 10.8. The molecule has 0 spiro atoms. The minimum Gasteiger partial charge on any atom is -0.368 e. The van der Waals surface area contributed by atoms with Gasteiger partial charge in [0, 0.05) is 48.0 Å². The van der Waals surface area contributed by atoms with Gasteiger partial charge in [-0.1, -0.05) is 35.4 Å². The standard InChI is InChI=1S/C22H23ClN4OS/c1-15-6-7-19(16(2)12-15)24-22-25-20(14-29-22)21(28)27-10-8-26(9-11-27)18-5-3-4-17(23)13-18/h3-7,12-14H,8-11H2,1-2H3,(H,24,25). The van der Waals surface area contributed by atoms with Gasteiger partial charge in [0.2, 0.25) is 0 Å². The highest BCUT2D eigenvalue weighted by molar-refractivity contribution is 7.14. The van der Waals surface area contributed by atoms with Crippen LogP contribution in [0.2, 0.25) is 5.02 Å². The lowest BCUT2D eigenvalue weighted by Crippen LogP contribution is -2.48. The van der Waals surface area contributed by atoms with E-state index in [2.05, 4.69) is 47.2 Å². The number of amides is 1. The van der Waals surface area contributed by atoms with Crippen molar-refractivity contribution in [1.29, 1.82) is 0 Å². The summed E-state index contributed by atoms with van der Waals surface area (Å²) in [7, 11) is 0. The molecule has 29 heavy (non-hydrogen) atoms. The number of piperazine rings is 1. The van der Waals surface area contributed by atoms with Crippen molar-refractivity contribution in [2.45, 2.75) is 13.8 Å². The Morgan fingerprint density at radius 1 is 1.10 bits per heavy atom. The van der Waals surface area contributed by atoms with Crippen LogP contribution in [0.3, 0.4) is 0 Å². The molecule has 4 rings (SSSR count). The summed E-state index contributed by atoms with van der Waals surface area (Å²) in [5.41, 5.74) is 4.99. The number of nitrogens with zero attached hydrogens (tertiary/aromatic N) is 3. The Labute approximate surface area is 179 Å². The first-order valence-electron chi connectivity index (χ1n) is 9.59. The molecule has 5 nitrogen and oxygen atoms in total. The summed E-state index contributed by atoms with van der Waals surface area (Å²) in [6, 6.07) is 14.1. The summed E-state index contributed by atoms with van der Waals surface area (Å²) in [6.07, 6.45) is 0. The number of halogens is 1. The normalized spacial score (nSPS) is 14.2. The third-order valence-corrected chi connectivity index (χ3v) is 6.08. The third kappa shape index (κ3) is 4.54. The quantitative estimate of drug-likeness (QED) is 0.629. The van der Waals surface area contributed by atoms with E-state index in [9.17, 15) is 4.79 Å². The van der Waals surface area contributed by atoms with E-state index in [-0.39, 0.29) is 5.91 Å². The lowest BCUT2D eigenvalue weighted by Gasteiger charge is -2.35. The maximum Gasteiger partial charge on any atom is 0.273 e. The van der Waals surface area contributed by atoms with E-state index in [1.807, 2.05) is 34.5 Å². The predicted octanol–water partition coefficient (Wildman–Crippen LogP) is 5.12. The number of rotatable bonds is 4. The van der Waals surface area contributed by atoms with Crippen LogP contribution in [0.4, 0.5) is 16.5 Å². The van der Waals surface area contributed by atoms with Crippen LogP contribution in [0.25, 0.3) is 0 Å². The van der Waals surface area contributed by atoms with Crippen LogP contribution >= 0.6 is 22.9 Å². The summed E-state index contributed by atoms with van der Waals surface area (Å²) < 4.78 is 0. The number of benzene rings is 2. The van der Waals surface area contributed by atoms with Gasteiger partial charge in [-0.05, 0) is 43.7 Å². The van der Waals surface area contributed by atoms with Gasteiger partial charge in [-0.2, -0.15) is 0 Å². The average Bonchev–Trinajstić information content (AvgIpc) is 3.18. The highest BCUT2D eigenvalue weighted by Crippen LogP contribution is 2.25. The van der Waals surface area contributed by atoms with Gasteiger partial charge in [-0.3, -0.25) is 4.79 Å². The van der Waals surface area contributed by atoms with Gasteiger partial charge in [-0.25, -0.2) is 4.98 Å². The van der Waals surface area contributed by atoms with Gasteiger partial charge in [0.25, 0.3) is 5.91 Å². The highest BCUT2D eigenvalue weighted by Gasteiger charge is 2.24. The zero-order valence-corrected chi connectivity index (χ0v) is 18.1. The monoisotopic (exact) mass is 426 g/mol. The van der Waals surface area contributed by atoms with E-state index >= 15 is 0 Å². The van der Waals surface area contributed by atoms with Crippen molar-refractivity contribution < 1.29 is 4.79 Å². The fraction of sp³-hybridized carbons (Fsp3) is 0.273. The average molecular weight is 427 g/mol. The van der Waals surface area contributed by atoms with Crippen LogP contribution in [0.1, 0.15) is 21.6 Å². The summed E-state index contributed by atoms with van der Waals surface area (Å²) in [6.45, 7) is 7.04. The Bertz CT molecular complexity index is 1030. The first kappa shape index (κ1) is 19.7. The topological polar surface area (TPSA) is 48.5 Å². The van der Waals surface area contributed by atoms with E-state index in [1.54, 1.807) is 0 Å². The van der Waals surface area contributed by atoms with E-state index in [0.717, 1.165) is 40.2 Å². The molecule has 2 heterocycles. The molecule has 1 aromatic heterocycles. The molecular formula is C22H23ClN4OS. The van der Waals surface area contributed by atoms with Crippen LogP contribution in [-0.2, 0) is 0 Å². The molecule has 7 heteroatoms. The van der Waals surface area contributed by atoms with E-state index in [1.165, 1.54) is 16.9 Å². The molecule has 150 valence electrons. The zero-order valence-electron chi connectivity index (χ0n) is 16.5. The second-order valence-electron chi connectivity index (χ2n) is 7.24. The molecule has 0 aliphatic carbocycles. The van der Waals surface area contributed by atoms with E-state index < -0.39 is 0 Å². The van der Waals surface area contributed by atoms with Crippen LogP contribution in [-0.4, -0.2) is 42.0 Å². The Morgan fingerprint density at radius 3 is 2.62 bits per heavy atom. The van der Waals surface area contributed by atoms with Crippen LogP contribution < -0.4 is 10.2 Å². The van der Waals surface area contributed by atoms with Crippen molar-refractivity contribution in [3.05, 3.63) is 69.7 Å². The van der Waals surface area contributed by atoms with Gasteiger partial charge >= 0.3 is 0 Å². The molecular weight excluding hydrogens is 404 g/mol. The van der Waals surface area contributed by atoms with Gasteiger partial charge in [-0.15, -0.1) is 11.3 Å². The molecule has 1 aliphatic heterocycles. The van der Waals surface area contributed by atoms with E-state index in [0.29, 0.717) is 18.8 Å². The van der Waals surface area contributed by atoms with Crippen LogP contribution in [0.5, 0.6) is 0 Å². The maximum absolute atomic E-state index is 12.9. The second kappa shape index (κ2) is 8.43. The second-order valence-corrected chi connectivity index (χ2v) is 8.53. The number of carbonyl (C=O) groups is 1. The van der Waals surface area contributed by atoms with Crippen molar-refractivity contribution in [2.75, 3.05) is 36.4 Å². The van der Waals surface area contributed by atoms with Crippen molar-refractivity contribution in [2.24, 2.45) is 0 Å². The van der Waals surface area contributed by atoms with Gasteiger partial charge in [0.1, 0.15) is 5.69 Å². The highest BCUT2D eigenvalue weighted by atomic mass is 35.5. The number of hydrogen-bond donors (Lipinski definition) is 1. The Kier molecular flexibility index (Phi) is 5.74. The number of aromatic nitrogens is 1. The zero-order chi connectivity index (χ0) is 20.4.